The van der Waals surface area contributed by atoms with Crippen molar-refractivity contribution in [2.75, 3.05) is 12.8 Å². The first kappa shape index (κ1) is 9.45. The lowest BCUT2D eigenvalue weighted by atomic mass is 10.1. The molecule has 78 valence electrons. The molecule has 0 saturated carbocycles. The van der Waals surface area contributed by atoms with Crippen molar-refractivity contribution in [2.24, 2.45) is 7.05 Å². The van der Waals surface area contributed by atoms with Crippen molar-refractivity contribution in [3.8, 4) is 17.1 Å². The Bertz CT molecular complexity index is 479. The van der Waals surface area contributed by atoms with E-state index >= 15 is 0 Å². The van der Waals surface area contributed by atoms with Crippen LogP contribution in [-0.4, -0.2) is 27.3 Å². The van der Waals surface area contributed by atoms with Crippen molar-refractivity contribution in [1.82, 2.24) is 20.2 Å². The minimum absolute atomic E-state index is 0.624. The highest BCUT2D eigenvalue weighted by atomic mass is 16.5. The first-order valence-corrected chi connectivity index (χ1v) is 4.38. The molecule has 0 spiro atoms. The Kier molecular flexibility index (Phi) is 2.24. The number of nitrogens with zero attached hydrogens (tertiary/aromatic N) is 4. The van der Waals surface area contributed by atoms with Crippen molar-refractivity contribution in [3.63, 3.8) is 0 Å². The minimum Gasteiger partial charge on any atom is -0.496 e. The number of aromatic nitrogens is 4. The number of methoxy groups -OCH3 is 1. The van der Waals surface area contributed by atoms with Crippen LogP contribution in [0, 0.1) is 0 Å². The molecule has 0 radical (unpaired) electrons. The van der Waals surface area contributed by atoms with Gasteiger partial charge in [-0.05, 0) is 28.6 Å². The average molecular weight is 205 g/mol. The first-order chi connectivity index (χ1) is 7.22. The maximum atomic E-state index is 5.70. The second kappa shape index (κ2) is 3.56. The molecule has 1 heterocycles. The molecular formula is C9H11N5O. The molecule has 2 aromatic rings. The number of anilines is 1. The zero-order valence-electron chi connectivity index (χ0n) is 8.51. The topological polar surface area (TPSA) is 78.8 Å². The van der Waals surface area contributed by atoms with Gasteiger partial charge in [-0.25, -0.2) is 4.68 Å². The van der Waals surface area contributed by atoms with Gasteiger partial charge in [0.05, 0.1) is 12.7 Å². The van der Waals surface area contributed by atoms with Crippen LogP contribution in [-0.2, 0) is 7.05 Å². The summed E-state index contributed by atoms with van der Waals surface area (Å²) in [6, 6.07) is 5.34. The van der Waals surface area contributed by atoms with E-state index in [1.54, 1.807) is 37.0 Å². The van der Waals surface area contributed by atoms with Gasteiger partial charge >= 0.3 is 0 Å². The molecule has 0 aliphatic rings. The van der Waals surface area contributed by atoms with Crippen molar-refractivity contribution in [1.29, 1.82) is 0 Å². The first-order valence-electron chi connectivity index (χ1n) is 4.38. The molecule has 0 aliphatic carbocycles. The summed E-state index contributed by atoms with van der Waals surface area (Å²) in [6.45, 7) is 0. The SMILES string of the molecule is COc1ccc(N)cc1-c1nnnn1C. The molecule has 2 N–H and O–H groups in total. The van der Waals surface area contributed by atoms with Crippen molar-refractivity contribution >= 4 is 5.69 Å². The van der Waals surface area contributed by atoms with Crippen molar-refractivity contribution in [2.45, 2.75) is 0 Å². The lowest BCUT2D eigenvalue weighted by Crippen LogP contribution is -1.98. The van der Waals surface area contributed by atoms with E-state index in [1.807, 2.05) is 0 Å². The molecule has 1 aromatic carbocycles. The molecule has 0 fully saturated rings. The quantitative estimate of drug-likeness (QED) is 0.721. The molecule has 0 amide bonds. The van der Waals surface area contributed by atoms with Crippen LogP contribution in [0.25, 0.3) is 11.4 Å². The second-order valence-electron chi connectivity index (χ2n) is 3.09. The maximum Gasteiger partial charge on any atom is 0.185 e. The van der Waals surface area contributed by atoms with Gasteiger partial charge < -0.3 is 10.5 Å². The number of tetrazole rings is 1. The van der Waals surface area contributed by atoms with E-state index in [9.17, 15) is 0 Å². The zero-order chi connectivity index (χ0) is 10.8. The number of hydrogen-bond acceptors (Lipinski definition) is 5. The second-order valence-corrected chi connectivity index (χ2v) is 3.09. The van der Waals surface area contributed by atoms with Gasteiger partial charge in [0.2, 0.25) is 0 Å². The molecule has 0 atom stereocenters. The third-order valence-electron chi connectivity index (χ3n) is 2.08. The third kappa shape index (κ3) is 1.61. The van der Waals surface area contributed by atoms with Gasteiger partial charge in [-0.2, -0.15) is 0 Å². The van der Waals surface area contributed by atoms with Gasteiger partial charge in [0.1, 0.15) is 5.75 Å². The van der Waals surface area contributed by atoms with E-state index < -0.39 is 0 Å². The molecule has 6 heteroatoms. The van der Waals surface area contributed by atoms with E-state index in [1.165, 1.54) is 0 Å². The van der Waals surface area contributed by atoms with Crippen molar-refractivity contribution in [3.05, 3.63) is 18.2 Å². The summed E-state index contributed by atoms with van der Waals surface area (Å²) in [7, 11) is 3.36. The Morgan fingerprint density at radius 2 is 2.20 bits per heavy atom. The Morgan fingerprint density at radius 3 is 2.80 bits per heavy atom. The average Bonchev–Trinajstić information content (AvgIpc) is 2.64. The predicted octanol–water partition coefficient (Wildman–Crippen LogP) is 0.468. The van der Waals surface area contributed by atoms with Gasteiger partial charge in [0.15, 0.2) is 5.82 Å². The largest absolute Gasteiger partial charge is 0.496 e. The van der Waals surface area contributed by atoms with E-state index in [2.05, 4.69) is 15.5 Å². The van der Waals surface area contributed by atoms with Crippen LogP contribution in [0.1, 0.15) is 0 Å². The van der Waals surface area contributed by atoms with Crippen LogP contribution in [0.2, 0.25) is 0 Å². The number of ether oxygens (including phenoxy) is 1. The van der Waals surface area contributed by atoms with Gasteiger partial charge in [0.25, 0.3) is 0 Å². The van der Waals surface area contributed by atoms with E-state index in [0.717, 1.165) is 5.56 Å². The maximum absolute atomic E-state index is 5.70. The number of aryl methyl sites for hydroxylation is 1. The fourth-order valence-corrected chi connectivity index (χ4v) is 1.36. The van der Waals surface area contributed by atoms with Crippen molar-refractivity contribution < 1.29 is 4.74 Å². The molecule has 0 aliphatic heterocycles. The summed E-state index contributed by atoms with van der Waals surface area (Å²) < 4.78 is 6.78. The fourth-order valence-electron chi connectivity index (χ4n) is 1.36. The standard InChI is InChI=1S/C9H11N5O/c1-14-9(11-12-13-14)7-5-6(10)3-4-8(7)15-2/h3-5H,10H2,1-2H3. The monoisotopic (exact) mass is 205 g/mol. The zero-order valence-corrected chi connectivity index (χ0v) is 8.51. The van der Waals surface area contributed by atoms with Crippen LogP contribution in [0.4, 0.5) is 5.69 Å². The Labute approximate surface area is 86.7 Å². The smallest absolute Gasteiger partial charge is 0.185 e. The summed E-state index contributed by atoms with van der Waals surface area (Å²) in [5.41, 5.74) is 7.13. The van der Waals surface area contributed by atoms with E-state index in [0.29, 0.717) is 17.3 Å². The molecular weight excluding hydrogens is 194 g/mol. The predicted molar refractivity (Wildman–Crippen MR) is 55.2 cm³/mol. The summed E-state index contributed by atoms with van der Waals surface area (Å²) >= 11 is 0. The molecule has 0 saturated heterocycles. The summed E-state index contributed by atoms with van der Waals surface area (Å²) in [5.74, 6) is 1.32. The fraction of sp³-hybridized carbons (Fsp3) is 0.222. The summed E-state index contributed by atoms with van der Waals surface area (Å²) in [5, 5.41) is 11.2. The van der Waals surface area contributed by atoms with Gasteiger partial charge in [-0.3, -0.25) is 0 Å². The number of nitrogen functional groups attached to an aromatic ring is 1. The number of rotatable bonds is 2. The van der Waals surface area contributed by atoms with E-state index in [-0.39, 0.29) is 0 Å². The van der Waals surface area contributed by atoms with Crippen LogP contribution in [0.3, 0.4) is 0 Å². The van der Waals surface area contributed by atoms with Crippen LogP contribution >= 0.6 is 0 Å². The summed E-state index contributed by atoms with van der Waals surface area (Å²) in [6.07, 6.45) is 0. The Morgan fingerprint density at radius 1 is 1.40 bits per heavy atom. The highest BCUT2D eigenvalue weighted by Crippen LogP contribution is 2.29. The normalized spacial score (nSPS) is 10.3. The Balaban J connectivity index is 2.60. The highest BCUT2D eigenvalue weighted by Gasteiger charge is 2.11. The minimum atomic E-state index is 0.624. The summed E-state index contributed by atoms with van der Waals surface area (Å²) in [4.78, 5) is 0. The molecule has 15 heavy (non-hydrogen) atoms. The van der Waals surface area contributed by atoms with Crippen LogP contribution in [0.5, 0.6) is 5.75 Å². The third-order valence-corrected chi connectivity index (χ3v) is 2.08. The molecule has 6 nitrogen and oxygen atoms in total. The van der Waals surface area contributed by atoms with Gasteiger partial charge in [-0.1, -0.05) is 0 Å². The highest BCUT2D eigenvalue weighted by molar-refractivity contribution is 5.68. The Hall–Kier alpha value is -2.11. The lowest BCUT2D eigenvalue weighted by molar-refractivity contribution is 0.416. The van der Waals surface area contributed by atoms with Gasteiger partial charge in [0, 0.05) is 12.7 Å². The lowest BCUT2D eigenvalue weighted by Gasteiger charge is -2.07. The van der Waals surface area contributed by atoms with Gasteiger partial charge in [-0.15, -0.1) is 5.10 Å². The van der Waals surface area contributed by atoms with Crippen LogP contribution in [0.15, 0.2) is 18.2 Å². The number of nitrogens with two attached hydrogens (primary N) is 1. The number of benzene rings is 1. The van der Waals surface area contributed by atoms with Crippen LogP contribution < -0.4 is 10.5 Å². The molecule has 0 unspecified atom stereocenters. The molecule has 0 bridgehead atoms. The molecule has 1 aromatic heterocycles. The van der Waals surface area contributed by atoms with E-state index in [4.69, 9.17) is 10.5 Å². The number of hydrogen-bond donors (Lipinski definition) is 1. The molecule has 2 rings (SSSR count).